The van der Waals surface area contributed by atoms with Crippen molar-refractivity contribution in [2.24, 2.45) is 0 Å². The van der Waals surface area contributed by atoms with Gasteiger partial charge in [-0.3, -0.25) is 24.9 Å². The topological polar surface area (TPSA) is 163 Å². The Morgan fingerprint density at radius 2 is 1.56 bits per heavy atom. The molecule has 0 radical (unpaired) electrons. The number of anilines is 2. The average Bonchev–Trinajstić information content (AvgIpc) is 2.78. The smallest absolute Gasteiger partial charge is 0.319 e. The highest BCUT2D eigenvalue weighted by atomic mass is 16.6. The lowest BCUT2D eigenvalue weighted by Crippen LogP contribution is -2.45. The van der Waals surface area contributed by atoms with E-state index in [1.807, 2.05) is 6.07 Å². The third-order valence-corrected chi connectivity index (χ3v) is 4.52. The van der Waals surface area contributed by atoms with E-state index in [4.69, 9.17) is 5.21 Å². The zero-order valence-electron chi connectivity index (χ0n) is 17.2. The number of non-ortho nitro benzene ring substituents is 1. The minimum Gasteiger partial charge on any atom is -0.326 e. The zero-order chi connectivity index (χ0) is 23.3. The van der Waals surface area contributed by atoms with Gasteiger partial charge in [-0.05, 0) is 37.1 Å². The summed E-state index contributed by atoms with van der Waals surface area (Å²) in [6, 6.07) is 12.6. The standard InChI is InChI=1S/C21H25N5O6/c27-19(25-30)10-6-2-5-9-18(20(28)22-15-7-3-1-4-8-15)24-21(29)23-16-11-13-17(14-12-16)26(31)32/h1,3-4,7-8,11-14,18,30H,2,5-6,9-10H2,(H,22,28)(H,25,27)(H2,23,24,29)/t18-/m0/s1. The van der Waals surface area contributed by atoms with Crippen LogP contribution in [0.1, 0.15) is 32.1 Å². The molecular weight excluding hydrogens is 418 g/mol. The SMILES string of the molecule is O=C(CCCCC[C@H](NC(=O)Nc1ccc([N+](=O)[O-])cc1)C(=O)Nc1ccccc1)NO. The molecule has 0 aliphatic rings. The number of rotatable bonds is 11. The molecule has 4 amide bonds. The molecule has 0 spiro atoms. The summed E-state index contributed by atoms with van der Waals surface area (Å²) in [5.74, 6) is -0.882. The summed E-state index contributed by atoms with van der Waals surface area (Å²) in [5, 5.41) is 27.2. The summed E-state index contributed by atoms with van der Waals surface area (Å²) in [6.07, 6.45) is 2.19. The maximum atomic E-state index is 12.7. The Kier molecular flexibility index (Phi) is 9.60. The number of para-hydroxylation sites is 1. The lowest BCUT2D eigenvalue weighted by atomic mass is 10.1. The van der Waals surface area contributed by atoms with E-state index in [1.54, 1.807) is 29.7 Å². The molecule has 0 aromatic heterocycles. The summed E-state index contributed by atoms with van der Waals surface area (Å²) in [6.45, 7) is 0. The first-order valence-corrected chi connectivity index (χ1v) is 10.00. The van der Waals surface area contributed by atoms with Gasteiger partial charge >= 0.3 is 6.03 Å². The molecule has 0 aliphatic carbocycles. The second-order valence-electron chi connectivity index (χ2n) is 6.94. The second-order valence-corrected chi connectivity index (χ2v) is 6.94. The van der Waals surface area contributed by atoms with Gasteiger partial charge in [0.05, 0.1) is 4.92 Å². The first kappa shape index (κ1) is 24.3. The average molecular weight is 443 g/mol. The lowest BCUT2D eigenvalue weighted by Gasteiger charge is -2.19. The highest BCUT2D eigenvalue weighted by molar-refractivity contribution is 5.99. The van der Waals surface area contributed by atoms with Crippen LogP contribution in [0.4, 0.5) is 21.9 Å². The van der Waals surface area contributed by atoms with Crippen molar-refractivity contribution in [3.8, 4) is 0 Å². The van der Waals surface area contributed by atoms with Crippen molar-refractivity contribution in [3.05, 3.63) is 64.7 Å². The van der Waals surface area contributed by atoms with Crippen LogP contribution in [0.3, 0.4) is 0 Å². The number of nitro benzene ring substituents is 1. The first-order chi connectivity index (χ1) is 15.4. The predicted octanol–water partition coefficient (Wildman–Crippen LogP) is 3.18. The quantitative estimate of drug-likeness (QED) is 0.155. The van der Waals surface area contributed by atoms with Crippen LogP contribution >= 0.6 is 0 Å². The van der Waals surface area contributed by atoms with E-state index in [-0.39, 0.29) is 12.1 Å². The van der Waals surface area contributed by atoms with Gasteiger partial charge in [-0.25, -0.2) is 10.3 Å². The van der Waals surface area contributed by atoms with Gasteiger partial charge in [0.15, 0.2) is 0 Å². The number of urea groups is 1. The molecule has 2 rings (SSSR count). The van der Waals surface area contributed by atoms with E-state index in [1.165, 1.54) is 24.3 Å². The van der Waals surface area contributed by atoms with E-state index in [9.17, 15) is 24.5 Å². The predicted molar refractivity (Wildman–Crippen MR) is 117 cm³/mol. The van der Waals surface area contributed by atoms with Crippen LogP contribution < -0.4 is 21.4 Å². The van der Waals surface area contributed by atoms with E-state index >= 15 is 0 Å². The lowest BCUT2D eigenvalue weighted by molar-refractivity contribution is -0.384. The van der Waals surface area contributed by atoms with Gasteiger partial charge in [-0.2, -0.15) is 0 Å². The van der Waals surface area contributed by atoms with Crippen LogP contribution in [0.2, 0.25) is 0 Å². The number of nitro groups is 1. The number of nitrogens with one attached hydrogen (secondary N) is 4. The Bertz CT molecular complexity index is 920. The van der Waals surface area contributed by atoms with Crippen LogP contribution in [-0.2, 0) is 9.59 Å². The van der Waals surface area contributed by atoms with Crippen molar-refractivity contribution in [2.75, 3.05) is 10.6 Å². The molecular formula is C21H25N5O6. The fourth-order valence-electron chi connectivity index (χ4n) is 2.88. The van der Waals surface area contributed by atoms with Crippen molar-refractivity contribution in [3.63, 3.8) is 0 Å². The van der Waals surface area contributed by atoms with Gasteiger partial charge in [0.1, 0.15) is 6.04 Å². The van der Waals surface area contributed by atoms with Crippen LogP contribution in [0, 0.1) is 10.1 Å². The maximum absolute atomic E-state index is 12.7. The Morgan fingerprint density at radius 3 is 2.19 bits per heavy atom. The third-order valence-electron chi connectivity index (χ3n) is 4.52. The molecule has 0 unspecified atom stereocenters. The summed E-state index contributed by atoms with van der Waals surface area (Å²) < 4.78 is 0. The van der Waals surface area contributed by atoms with Crippen molar-refractivity contribution in [1.82, 2.24) is 10.8 Å². The molecule has 2 aromatic carbocycles. The number of carbonyl (C=O) groups is 3. The Balaban J connectivity index is 1.95. The number of unbranched alkanes of at least 4 members (excludes halogenated alkanes) is 2. The largest absolute Gasteiger partial charge is 0.326 e. The minimum atomic E-state index is -0.847. The molecule has 0 heterocycles. The number of benzene rings is 2. The van der Waals surface area contributed by atoms with E-state index in [2.05, 4.69) is 16.0 Å². The van der Waals surface area contributed by atoms with Gasteiger partial charge in [-0.15, -0.1) is 0 Å². The summed E-state index contributed by atoms with van der Waals surface area (Å²) in [7, 11) is 0. The molecule has 170 valence electrons. The number of hydrogen-bond donors (Lipinski definition) is 5. The van der Waals surface area contributed by atoms with Crippen LogP contribution in [0.25, 0.3) is 0 Å². The Morgan fingerprint density at radius 1 is 0.906 bits per heavy atom. The number of amides is 4. The van der Waals surface area contributed by atoms with Gasteiger partial charge in [-0.1, -0.05) is 31.0 Å². The van der Waals surface area contributed by atoms with Crippen molar-refractivity contribution < 1.29 is 24.5 Å². The van der Waals surface area contributed by atoms with E-state index < -0.39 is 28.8 Å². The monoisotopic (exact) mass is 443 g/mol. The van der Waals surface area contributed by atoms with Crippen molar-refractivity contribution >= 4 is 34.9 Å². The molecule has 0 saturated carbocycles. The summed E-state index contributed by atoms with van der Waals surface area (Å²) >= 11 is 0. The first-order valence-electron chi connectivity index (χ1n) is 10.00. The van der Waals surface area contributed by atoms with Gasteiger partial charge in [0, 0.05) is 29.9 Å². The number of hydroxylamine groups is 1. The Hall–Kier alpha value is -3.99. The molecule has 0 bridgehead atoms. The fourth-order valence-corrected chi connectivity index (χ4v) is 2.88. The van der Waals surface area contributed by atoms with Gasteiger partial charge in [0.25, 0.3) is 5.69 Å². The molecule has 2 aromatic rings. The second kappa shape index (κ2) is 12.6. The molecule has 0 fully saturated rings. The van der Waals surface area contributed by atoms with Crippen LogP contribution in [-0.4, -0.2) is 34.0 Å². The minimum absolute atomic E-state index is 0.106. The van der Waals surface area contributed by atoms with Crippen molar-refractivity contribution in [2.45, 2.75) is 38.1 Å². The van der Waals surface area contributed by atoms with E-state index in [0.717, 1.165) is 0 Å². The normalized spacial score (nSPS) is 11.2. The van der Waals surface area contributed by atoms with Crippen LogP contribution in [0.15, 0.2) is 54.6 Å². The Labute approximate surface area is 184 Å². The van der Waals surface area contributed by atoms with Gasteiger partial charge in [0.2, 0.25) is 11.8 Å². The molecule has 0 saturated heterocycles. The molecule has 11 heteroatoms. The molecule has 5 N–H and O–H groups in total. The van der Waals surface area contributed by atoms with E-state index in [0.29, 0.717) is 37.1 Å². The summed E-state index contributed by atoms with van der Waals surface area (Å²) in [4.78, 5) is 46.4. The maximum Gasteiger partial charge on any atom is 0.319 e. The number of carbonyl (C=O) groups excluding carboxylic acids is 3. The highest BCUT2D eigenvalue weighted by Crippen LogP contribution is 2.16. The summed E-state index contributed by atoms with van der Waals surface area (Å²) in [5.41, 5.74) is 2.38. The number of nitrogens with zero attached hydrogens (tertiary/aromatic N) is 1. The van der Waals surface area contributed by atoms with Crippen molar-refractivity contribution in [1.29, 1.82) is 0 Å². The van der Waals surface area contributed by atoms with Crippen LogP contribution in [0.5, 0.6) is 0 Å². The molecule has 11 nitrogen and oxygen atoms in total. The zero-order valence-corrected chi connectivity index (χ0v) is 17.2. The number of hydrogen-bond acceptors (Lipinski definition) is 6. The molecule has 1 atom stereocenters. The fraction of sp³-hybridized carbons (Fsp3) is 0.286. The highest BCUT2D eigenvalue weighted by Gasteiger charge is 2.21. The van der Waals surface area contributed by atoms with Gasteiger partial charge < -0.3 is 16.0 Å². The molecule has 0 aliphatic heterocycles. The molecule has 32 heavy (non-hydrogen) atoms. The third kappa shape index (κ3) is 8.40.